The van der Waals surface area contributed by atoms with Crippen molar-refractivity contribution in [2.24, 2.45) is 0 Å². The highest BCUT2D eigenvalue weighted by Gasteiger charge is 2.29. The smallest absolute Gasteiger partial charge is 0.323 e. The second kappa shape index (κ2) is 10.0. The Bertz CT molecular complexity index is 1280. The van der Waals surface area contributed by atoms with E-state index in [9.17, 15) is 18.3 Å². The Morgan fingerprint density at radius 1 is 1.12 bits per heavy atom. The van der Waals surface area contributed by atoms with Gasteiger partial charge in [-0.3, -0.25) is 9.69 Å². The lowest BCUT2D eigenvalue weighted by molar-refractivity contribution is -0.137. The monoisotopic (exact) mass is 550 g/mol. The van der Waals surface area contributed by atoms with E-state index >= 15 is 0 Å². The first kappa shape index (κ1) is 24.6. The number of benzene rings is 1. The molecule has 1 saturated heterocycles. The molecule has 3 aromatic rings. The molecular weight excluding hydrogens is 524 g/mol. The average Bonchev–Trinajstić information content (AvgIpc) is 3.09. The number of fused-ring (bicyclic) bond motifs is 1. The fraction of sp³-hybridized carbons (Fsp3) is 0.391. The Balaban J connectivity index is 1.44. The topological polar surface area (TPSA) is 105 Å². The Kier molecular flexibility index (Phi) is 7.27. The van der Waals surface area contributed by atoms with Gasteiger partial charge in [0.1, 0.15) is 22.5 Å². The first-order valence-corrected chi connectivity index (χ1v) is 13.2. The molecule has 182 valence electrons. The van der Waals surface area contributed by atoms with Crippen LogP contribution in [0.5, 0.6) is 5.75 Å². The van der Waals surface area contributed by atoms with Gasteiger partial charge in [-0.2, -0.15) is 4.31 Å². The number of carboxylic acids is 1. The van der Waals surface area contributed by atoms with Crippen molar-refractivity contribution in [2.75, 3.05) is 26.2 Å². The Hall–Kier alpha value is -2.47. The molecule has 0 spiro atoms. The number of carboxylic acid groups (broad SMARTS) is 1. The van der Waals surface area contributed by atoms with Crippen LogP contribution in [-0.2, 0) is 27.9 Å². The number of pyridine rings is 1. The Labute approximate surface area is 207 Å². The Morgan fingerprint density at radius 3 is 2.41 bits per heavy atom. The van der Waals surface area contributed by atoms with Gasteiger partial charge in [0.25, 0.3) is 0 Å². The molecule has 0 aliphatic carbocycles. The molecule has 9 nitrogen and oxygen atoms in total. The highest BCUT2D eigenvalue weighted by molar-refractivity contribution is 9.10. The summed E-state index contributed by atoms with van der Waals surface area (Å²) in [6.45, 7) is 6.16. The van der Waals surface area contributed by atoms with Crippen molar-refractivity contribution >= 4 is 43.0 Å². The average molecular weight is 551 g/mol. The summed E-state index contributed by atoms with van der Waals surface area (Å²) in [6, 6.07) is 10.3. The molecule has 11 heteroatoms. The molecule has 0 amide bonds. The molecule has 0 unspecified atom stereocenters. The van der Waals surface area contributed by atoms with E-state index in [4.69, 9.17) is 4.74 Å². The molecular formula is C23H27BrN4O5S. The van der Waals surface area contributed by atoms with E-state index in [1.165, 1.54) is 4.31 Å². The number of ether oxygens (including phenoxy) is 1. The minimum atomic E-state index is -3.59. The lowest BCUT2D eigenvalue weighted by Gasteiger charge is -2.33. The largest absolute Gasteiger partial charge is 0.491 e. The number of carbonyl (C=O) groups is 1. The molecule has 4 rings (SSSR count). The van der Waals surface area contributed by atoms with Gasteiger partial charge in [0.15, 0.2) is 0 Å². The summed E-state index contributed by atoms with van der Waals surface area (Å²) in [4.78, 5) is 18.1. The zero-order valence-corrected chi connectivity index (χ0v) is 21.4. The van der Waals surface area contributed by atoms with Crippen LogP contribution in [0.4, 0.5) is 0 Å². The Morgan fingerprint density at radius 2 is 1.79 bits per heavy atom. The van der Waals surface area contributed by atoms with Gasteiger partial charge >= 0.3 is 5.97 Å². The lowest BCUT2D eigenvalue weighted by atomic mass is 10.2. The maximum atomic E-state index is 13.1. The normalized spacial score (nSPS) is 15.8. The summed E-state index contributed by atoms with van der Waals surface area (Å²) < 4.78 is 35.6. The molecule has 0 bridgehead atoms. The molecule has 1 fully saturated rings. The number of sulfonamides is 1. The summed E-state index contributed by atoms with van der Waals surface area (Å²) >= 11 is 3.35. The van der Waals surface area contributed by atoms with Crippen LogP contribution in [0.3, 0.4) is 0 Å². The second-order valence-corrected chi connectivity index (χ2v) is 11.2. The van der Waals surface area contributed by atoms with Crippen molar-refractivity contribution in [1.29, 1.82) is 0 Å². The highest BCUT2D eigenvalue weighted by atomic mass is 79.9. The molecule has 0 saturated carbocycles. The third kappa shape index (κ3) is 5.43. The highest BCUT2D eigenvalue weighted by Crippen LogP contribution is 2.25. The van der Waals surface area contributed by atoms with Crippen molar-refractivity contribution in [3.63, 3.8) is 0 Å². The number of nitrogens with zero attached hydrogens (tertiary/aromatic N) is 4. The zero-order valence-electron chi connectivity index (χ0n) is 19.0. The van der Waals surface area contributed by atoms with Gasteiger partial charge in [-0.1, -0.05) is 0 Å². The van der Waals surface area contributed by atoms with E-state index in [0.29, 0.717) is 48.7 Å². The summed E-state index contributed by atoms with van der Waals surface area (Å²) in [5, 5.41) is 10.1. The van der Waals surface area contributed by atoms with Crippen LogP contribution in [0.1, 0.15) is 19.4 Å². The number of hydrogen-bond donors (Lipinski definition) is 1. The van der Waals surface area contributed by atoms with E-state index in [1.807, 2.05) is 32.2 Å². The number of rotatable bonds is 8. The number of halogens is 1. The maximum absolute atomic E-state index is 13.1. The standard InChI is InChI=1S/C23H27BrN4O5S/c1-16(2)33-18-3-5-19(6-4-18)34(31,32)28-11-9-26(10-12-28)13-17-14-27(15-22(29)30)23-20(17)7-8-21(24)25-23/h3-8,14,16H,9-13,15H2,1-2H3,(H,29,30). The number of piperazine rings is 1. The van der Waals surface area contributed by atoms with E-state index in [1.54, 1.807) is 28.8 Å². The maximum Gasteiger partial charge on any atom is 0.323 e. The fourth-order valence-electron chi connectivity index (χ4n) is 4.09. The van der Waals surface area contributed by atoms with Crippen LogP contribution in [0.25, 0.3) is 11.0 Å². The van der Waals surface area contributed by atoms with Gasteiger partial charge in [0.2, 0.25) is 10.0 Å². The van der Waals surface area contributed by atoms with Crippen LogP contribution in [-0.4, -0.2) is 70.5 Å². The fourth-order valence-corrected chi connectivity index (χ4v) is 5.81. The second-order valence-electron chi connectivity index (χ2n) is 8.50. The van der Waals surface area contributed by atoms with Crippen LogP contribution >= 0.6 is 15.9 Å². The van der Waals surface area contributed by atoms with Crippen LogP contribution in [0.15, 0.2) is 52.1 Å². The van der Waals surface area contributed by atoms with Crippen LogP contribution in [0, 0.1) is 0 Å². The number of aliphatic carboxylic acids is 1. The van der Waals surface area contributed by atoms with Gasteiger partial charge < -0.3 is 14.4 Å². The van der Waals surface area contributed by atoms with Gasteiger partial charge in [0, 0.05) is 44.3 Å². The number of hydrogen-bond acceptors (Lipinski definition) is 6. The summed E-state index contributed by atoms with van der Waals surface area (Å²) in [6.07, 6.45) is 1.84. The number of aromatic nitrogens is 2. The molecule has 1 aromatic carbocycles. The van der Waals surface area contributed by atoms with Gasteiger partial charge in [-0.25, -0.2) is 13.4 Å². The van der Waals surface area contributed by atoms with E-state index < -0.39 is 16.0 Å². The molecule has 1 N–H and O–H groups in total. The third-order valence-corrected chi connectivity index (χ3v) is 7.99. The molecule has 1 aliphatic heterocycles. The molecule has 0 atom stereocenters. The van der Waals surface area contributed by atoms with Gasteiger partial charge in [-0.15, -0.1) is 0 Å². The van der Waals surface area contributed by atoms with Crippen molar-refractivity contribution < 1.29 is 23.1 Å². The lowest BCUT2D eigenvalue weighted by Crippen LogP contribution is -2.48. The first-order valence-electron chi connectivity index (χ1n) is 11.0. The van der Waals surface area contributed by atoms with Crippen molar-refractivity contribution in [1.82, 2.24) is 18.8 Å². The van der Waals surface area contributed by atoms with Crippen LogP contribution in [0.2, 0.25) is 0 Å². The molecule has 34 heavy (non-hydrogen) atoms. The van der Waals surface area contributed by atoms with Gasteiger partial charge in [-0.05, 0) is 71.7 Å². The van der Waals surface area contributed by atoms with E-state index in [0.717, 1.165) is 10.9 Å². The minimum Gasteiger partial charge on any atom is -0.491 e. The van der Waals surface area contributed by atoms with E-state index in [2.05, 4.69) is 25.8 Å². The van der Waals surface area contributed by atoms with E-state index in [-0.39, 0.29) is 17.5 Å². The molecule has 0 radical (unpaired) electrons. The third-order valence-electron chi connectivity index (χ3n) is 5.63. The predicted octanol–water partition coefficient (Wildman–Crippen LogP) is 3.18. The molecule has 1 aliphatic rings. The van der Waals surface area contributed by atoms with Crippen LogP contribution < -0.4 is 4.74 Å². The molecule has 3 heterocycles. The van der Waals surface area contributed by atoms with Gasteiger partial charge in [0.05, 0.1) is 11.0 Å². The summed E-state index contributed by atoms with van der Waals surface area (Å²) in [5.74, 6) is -0.296. The molecule has 2 aromatic heterocycles. The SMILES string of the molecule is CC(C)Oc1ccc(S(=O)(=O)N2CCN(Cc3cn(CC(=O)O)c4nc(Br)ccc34)CC2)cc1. The quantitative estimate of drug-likeness (QED) is 0.429. The summed E-state index contributed by atoms with van der Waals surface area (Å²) in [5.41, 5.74) is 1.58. The van der Waals surface area contributed by atoms with Crippen molar-refractivity contribution in [3.8, 4) is 5.75 Å². The summed E-state index contributed by atoms with van der Waals surface area (Å²) in [7, 11) is -3.59. The zero-order chi connectivity index (χ0) is 24.5. The van der Waals surface area contributed by atoms with Crippen molar-refractivity contribution in [3.05, 3.63) is 52.8 Å². The predicted molar refractivity (Wildman–Crippen MR) is 131 cm³/mol. The minimum absolute atomic E-state index is 0.0194. The first-order chi connectivity index (χ1) is 16.1. The van der Waals surface area contributed by atoms with Crippen molar-refractivity contribution in [2.45, 2.75) is 37.9 Å².